The number of carbonyl (C=O) groups excluding carboxylic acids is 1. The smallest absolute Gasteiger partial charge is 0.222 e. The van der Waals surface area contributed by atoms with Crippen molar-refractivity contribution in [3.05, 3.63) is 29.8 Å². The van der Waals surface area contributed by atoms with Crippen LogP contribution in [-0.2, 0) is 4.79 Å². The first-order chi connectivity index (χ1) is 9.57. The molecule has 1 aromatic carbocycles. The molecule has 112 valence electrons. The molecule has 0 heterocycles. The molecule has 3 N–H and O–H groups in total. The number of nitrogens with two attached hydrogens (primary N) is 1. The molecule has 1 unspecified atom stereocenters. The van der Waals surface area contributed by atoms with Crippen molar-refractivity contribution in [2.45, 2.75) is 45.1 Å². The molecule has 4 heteroatoms. The lowest BCUT2D eigenvalue weighted by molar-refractivity contribution is -0.131. The Kier molecular flexibility index (Phi) is 7.09. The van der Waals surface area contributed by atoms with Crippen molar-refractivity contribution in [3.8, 4) is 5.75 Å². The molecule has 4 nitrogen and oxygen atoms in total. The van der Waals surface area contributed by atoms with Gasteiger partial charge >= 0.3 is 0 Å². The van der Waals surface area contributed by atoms with Crippen molar-refractivity contribution >= 4 is 5.91 Å². The number of hydrogen-bond donors (Lipinski definition) is 2. The third kappa shape index (κ3) is 4.85. The second-order valence-corrected chi connectivity index (χ2v) is 5.19. The third-order valence-corrected chi connectivity index (χ3v) is 3.71. The van der Waals surface area contributed by atoms with Crippen LogP contribution < -0.4 is 5.73 Å². The van der Waals surface area contributed by atoms with Gasteiger partial charge < -0.3 is 15.7 Å². The molecular formula is C16H26N2O2. The number of phenols is 1. The molecule has 0 radical (unpaired) electrons. The second kappa shape index (κ2) is 8.59. The van der Waals surface area contributed by atoms with Gasteiger partial charge in [-0.2, -0.15) is 0 Å². The fraction of sp³-hybridized carbons (Fsp3) is 0.562. The summed E-state index contributed by atoms with van der Waals surface area (Å²) in [5, 5.41) is 9.83. The number of aromatic hydroxyl groups is 1. The Bertz CT molecular complexity index is 421. The quantitative estimate of drug-likeness (QED) is 0.719. The molecule has 1 rings (SSSR count). The van der Waals surface area contributed by atoms with Gasteiger partial charge in [0.15, 0.2) is 0 Å². The van der Waals surface area contributed by atoms with Crippen molar-refractivity contribution in [1.82, 2.24) is 4.90 Å². The fourth-order valence-electron chi connectivity index (χ4n) is 2.22. The first-order valence-corrected chi connectivity index (χ1v) is 7.31. The van der Waals surface area contributed by atoms with E-state index in [-0.39, 0.29) is 17.7 Å². The van der Waals surface area contributed by atoms with Crippen LogP contribution in [0.15, 0.2) is 24.3 Å². The first-order valence-electron chi connectivity index (χ1n) is 7.31. The number of nitrogens with zero attached hydrogens (tertiary/aromatic N) is 1. The number of benzene rings is 1. The molecule has 0 fully saturated rings. The van der Waals surface area contributed by atoms with Crippen LogP contribution in [0.4, 0.5) is 0 Å². The summed E-state index contributed by atoms with van der Waals surface area (Å²) in [7, 11) is 1.79. The van der Waals surface area contributed by atoms with Crippen molar-refractivity contribution in [1.29, 1.82) is 0 Å². The van der Waals surface area contributed by atoms with E-state index in [2.05, 4.69) is 0 Å². The molecule has 0 spiro atoms. The minimum atomic E-state index is -0.118. The van der Waals surface area contributed by atoms with Gasteiger partial charge in [0, 0.05) is 19.0 Å². The molecule has 0 saturated carbocycles. The van der Waals surface area contributed by atoms with Crippen LogP contribution in [0.5, 0.6) is 5.75 Å². The van der Waals surface area contributed by atoms with E-state index in [1.54, 1.807) is 24.1 Å². The van der Waals surface area contributed by atoms with Crippen molar-refractivity contribution in [2.75, 3.05) is 13.6 Å². The summed E-state index contributed by atoms with van der Waals surface area (Å²) in [6.45, 7) is 2.65. The fourth-order valence-corrected chi connectivity index (χ4v) is 2.22. The zero-order valence-corrected chi connectivity index (χ0v) is 12.5. The first kappa shape index (κ1) is 16.5. The van der Waals surface area contributed by atoms with Gasteiger partial charge in [-0.1, -0.05) is 31.0 Å². The zero-order valence-electron chi connectivity index (χ0n) is 12.5. The summed E-state index contributed by atoms with van der Waals surface area (Å²) >= 11 is 0. The molecule has 1 atom stereocenters. The highest BCUT2D eigenvalue weighted by Gasteiger charge is 2.19. The molecule has 0 aromatic heterocycles. The lowest BCUT2D eigenvalue weighted by atomic mass is 10.1. The highest BCUT2D eigenvalue weighted by Crippen LogP contribution is 2.27. The van der Waals surface area contributed by atoms with E-state index >= 15 is 0 Å². The van der Waals surface area contributed by atoms with Gasteiger partial charge in [-0.15, -0.1) is 0 Å². The summed E-state index contributed by atoms with van der Waals surface area (Å²) in [4.78, 5) is 13.8. The van der Waals surface area contributed by atoms with Crippen LogP contribution in [0.1, 0.15) is 50.6 Å². The largest absolute Gasteiger partial charge is 0.508 e. The monoisotopic (exact) mass is 278 g/mol. The summed E-state index contributed by atoms with van der Waals surface area (Å²) in [5.74, 6) is 0.357. The van der Waals surface area contributed by atoms with E-state index in [1.165, 1.54) is 0 Å². The third-order valence-electron chi connectivity index (χ3n) is 3.71. The van der Waals surface area contributed by atoms with Crippen LogP contribution in [0, 0.1) is 0 Å². The summed E-state index contributed by atoms with van der Waals surface area (Å²) in [6, 6.07) is 7.04. The Morgan fingerprint density at radius 1 is 1.25 bits per heavy atom. The Morgan fingerprint density at radius 2 is 1.90 bits per heavy atom. The average molecular weight is 278 g/mol. The summed E-state index contributed by atoms with van der Waals surface area (Å²) in [5.41, 5.74) is 6.22. The molecule has 20 heavy (non-hydrogen) atoms. The SMILES string of the molecule is CC(c1ccccc1O)N(C)C(=O)CCCCCCN. The maximum Gasteiger partial charge on any atom is 0.222 e. The van der Waals surface area contributed by atoms with Gasteiger partial charge in [-0.25, -0.2) is 0 Å². The number of para-hydroxylation sites is 1. The molecule has 1 amide bonds. The lowest BCUT2D eigenvalue weighted by Crippen LogP contribution is -2.29. The normalized spacial score (nSPS) is 12.2. The van der Waals surface area contributed by atoms with Gasteiger partial charge in [0.2, 0.25) is 5.91 Å². The molecule has 0 aliphatic heterocycles. The average Bonchev–Trinajstić information content (AvgIpc) is 2.46. The van der Waals surface area contributed by atoms with Crippen LogP contribution >= 0.6 is 0 Å². The van der Waals surface area contributed by atoms with Crippen molar-refractivity contribution in [2.24, 2.45) is 5.73 Å². The van der Waals surface area contributed by atoms with Gasteiger partial charge in [0.25, 0.3) is 0 Å². The van der Waals surface area contributed by atoms with Gasteiger partial charge in [-0.3, -0.25) is 4.79 Å². The Balaban J connectivity index is 2.46. The van der Waals surface area contributed by atoms with Crippen LogP contribution in [-0.4, -0.2) is 29.5 Å². The highest BCUT2D eigenvalue weighted by molar-refractivity contribution is 5.76. The van der Waals surface area contributed by atoms with E-state index < -0.39 is 0 Å². The lowest BCUT2D eigenvalue weighted by Gasteiger charge is -2.26. The van der Waals surface area contributed by atoms with Gasteiger partial charge in [0.05, 0.1) is 6.04 Å². The summed E-state index contributed by atoms with van der Waals surface area (Å²) in [6.07, 6.45) is 4.61. The van der Waals surface area contributed by atoms with Crippen LogP contribution in [0.3, 0.4) is 0 Å². The predicted molar refractivity (Wildman–Crippen MR) is 81.4 cm³/mol. The number of hydrogen-bond acceptors (Lipinski definition) is 3. The van der Waals surface area contributed by atoms with E-state index in [4.69, 9.17) is 5.73 Å². The van der Waals surface area contributed by atoms with Crippen LogP contribution in [0.25, 0.3) is 0 Å². The number of phenolic OH excluding ortho intramolecular Hbond substituents is 1. The highest BCUT2D eigenvalue weighted by atomic mass is 16.3. The minimum Gasteiger partial charge on any atom is -0.508 e. The predicted octanol–water partition coefficient (Wildman–Crippen LogP) is 2.82. The minimum absolute atomic E-state index is 0.118. The van der Waals surface area contributed by atoms with E-state index in [9.17, 15) is 9.90 Å². The standard InChI is InChI=1S/C16H26N2O2/c1-13(14-9-6-7-10-15(14)19)18(2)16(20)11-5-3-4-8-12-17/h6-7,9-10,13,19H,3-5,8,11-12,17H2,1-2H3. The Morgan fingerprint density at radius 3 is 2.55 bits per heavy atom. The molecule has 1 aromatic rings. The van der Waals surface area contributed by atoms with Gasteiger partial charge in [-0.05, 0) is 32.4 Å². The molecule has 0 bridgehead atoms. The molecule has 0 aliphatic rings. The Labute approximate surface area is 121 Å². The maximum atomic E-state index is 12.1. The summed E-state index contributed by atoms with van der Waals surface area (Å²) < 4.78 is 0. The maximum absolute atomic E-state index is 12.1. The Hall–Kier alpha value is -1.55. The van der Waals surface area contributed by atoms with Crippen LogP contribution in [0.2, 0.25) is 0 Å². The van der Waals surface area contributed by atoms with Crippen molar-refractivity contribution in [3.63, 3.8) is 0 Å². The van der Waals surface area contributed by atoms with E-state index in [0.29, 0.717) is 6.42 Å². The molecular weight excluding hydrogens is 252 g/mol. The number of rotatable bonds is 8. The molecule has 0 aliphatic carbocycles. The number of amides is 1. The molecule has 0 saturated heterocycles. The van der Waals surface area contributed by atoms with E-state index in [1.807, 2.05) is 19.1 Å². The number of carbonyl (C=O) groups is 1. The second-order valence-electron chi connectivity index (χ2n) is 5.19. The zero-order chi connectivity index (χ0) is 15.0. The van der Waals surface area contributed by atoms with Crippen molar-refractivity contribution < 1.29 is 9.90 Å². The van der Waals surface area contributed by atoms with Gasteiger partial charge in [0.1, 0.15) is 5.75 Å². The topological polar surface area (TPSA) is 66.6 Å². The van der Waals surface area contributed by atoms with E-state index in [0.717, 1.165) is 37.8 Å². The number of unbranched alkanes of at least 4 members (excludes halogenated alkanes) is 3.